The molecule has 0 spiro atoms. The lowest BCUT2D eigenvalue weighted by Crippen LogP contribution is -1.95. The number of hydrogen-bond donors (Lipinski definition) is 1. The summed E-state index contributed by atoms with van der Waals surface area (Å²) in [6.45, 7) is 0. The Morgan fingerprint density at radius 1 is 0.733 bits per heavy atom. The molecule has 1 N–H and O–H groups in total. The molecule has 5 nitrogen and oxygen atoms in total. The summed E-state index contributed by atoms with van der Waals surface area (Å²) < 4.78 is 16.5. The molecule has 4 rings (SSSR count). The van der Waals surface area contributed by atoms with E-state index in [1.165, 1.54) is 0 Å². The van der Waals surface area contributed by atoms with Gasteiger partial charge >= 0.3 is 0 Å². The average molecular weight is 421 g/mol. The van der Waals surface area contributed by atoms with Gasteiger partial charge in [-0.3, -0.25) is 0 Å². The number of hydrogen-bond acceptors (Lipinski definition) is 4. The Morgan fingerprint density at radius 2 is 1.40 bits per heavy atom. The highest BCUT2D eigenvalue weighted by Crippen LogP contribution is 2.41. The van der Waals surface area contributed by atoms with Gasteiger partial charge in [-0.05, 0) is 18.2 Å². The van der Waals surface area contributed by atoms with Crippen LogP contribution in [0.4, 0.5) is 0 Å². The van der Waals surface area contributed by atoms with Crippen molar-refractivity contribution in [1.29, 1.82) is 0 Å². The predicted octanol–water partition coefficient (Wildman–Crippen LogP) is 6.09. The zero-order valence-electron chi connectivity index (χ0n) is 16.9. The van der Waals surface area contributed by atoms with E-state index >= 15 is 0 Å². The van der Waals surface area contributed by atoms with Gasteiger partial charge in [-0.2, -0.15) is 0 Å². The zero-order chi connectivity index (χ0) is 21.1. The molecular formula is C24H21ClN2O3. The molecule has 0 aliphatic heterocycles. The van der Waals surface area contributed by atoms with Gasteiger partial charge in [0.05, 0.1) is 38.3 Å². The van der Waals surface area contributed by atoms with Crippen molar-refractivity contribution < 1.29 is 14.2 Å². The molecule has 30 heavy (non-hydrogen) atoms. The minimum absolute atomic E-state index is 0.586. The quantitative estimate of drug-likeness (QED) is 0.410. The zero-order valence-corrected chi connectivity index (χ0v) is 17.7. The fourth-order valence-corrected chi connectivity index (χ4v) is 3.56. The second-order valence-corrected chi connectivity index (χ2v) is 7.03. The lowest BCUT2D eigenvalue weighted by atomic mass is 10.1. The molecule has 3 aromatic carbocycles. The molecule has 0 atom stereocenters. The highest BCUT2D eigenvalue weighted by atomic mass is 35.5. The van der Waals surface area contributed by atoms with Crippen LogP contribution < -0.4 is 14.2 Å². The van der Waals surface area contributed by atoms with Gasteiger partial charge in [-0.1, -0.05) is 54.1 Å². The summed E-state index contributed by atoms with van der Waals surface area (Å²) in [7, 11) is 4.81. The number of ether oxygens (including phenoxy) is 3. The van der Waals surface area contributed by atoms with E-state index in [2.05, 4.69) is 4.98 Å². The molecule has 0 radical (unpaired) electrons. The van der Waals surface area contributed by atoms with Gasteiger partial charge in [0.2, 0.25) is 0 Å². The maximum atomic E-state index is 6.25. The molecule has 0 saturated carbocycles. The minimum atomic E-state index is 0.586. The number of nitrogens with zero attached hydrogens (tertiary/aromatic N) is 1. The third kappa shape index (κ3) is 3.72. The number of imidazole rings is 1. The van der Waals surface area contributed by atoms with Crippen LogP contribution in [0.5, 0.6) is 17.2 Å². The number of methoxy groups -OCH3 is 3. The number of H-pyrrole nitrogens is 1. The lowest BCUT2D eigenvalue weighted by molar-refractivity contribution is 0.349. The average Bonchev–Trinajstić information content (AvgIpc) is 3.24. The number of nitrogens with one attached hydrogen (secondary N) is 1. The first kappa shape index (κ1) is 19.9. The molecule has 0 aliphatic carbocycles. The normalized spacial score (nSPS) is 10.7. The summed E-state index contributed by atoms with van der Waals surface area (Å²) in [5, 5.41) is 0.653. The second kappa shape index (κ2) is 8.51. The number of rotatable bonds is 6. The van der Waals surface area contributed by atoms with Crippen LogP contribution in [0.3, 0.4) is 0 Å². The SMILES string of the molecule is COc1cc(OC)c(-c2nc(-c3cccc(Cl)c3)c(-c3ccccc3)[nH]2)cc1OC. The van der Waals surface area contributed by atoms with Crippen molar-refractivity contribution in [2.45, 2.75) is 0 Å². The lowest BCUT2D eigenvalue weighted by Gasteiger charge is -2.12. The molecule has 0 amide bonds. The van der Waals surface area contributed by atoms with Crippen LogP contribution in [-0.2, 0) is 0 Å². The van der Waals surface area contributed by atoms with Crippen molar-refractivity contribution in [1.82, 2.24) is 9.97 Å². The van der Waals surface area contributed by atoms with Crippen LogP contribution in [0.2, 0.25) is 5.02 Å². The Hall–Kier alpha value is -3.44. The molecule has 6 heteroatoms. The van der Waals surface area contributed by atoms with E-state index in [0.29, 0.717) is 28.1 Å². The number of aromatic amines is 1. The minimum Gasteiger partial charge on any atom is -0.496 e. The van der Waals surface area contributed by atoms with E-state index in [1.54, 1.807) is 27.4 Å². The van der Waals surface area contributed by atoms with Crippen LogP contribution in [0.1, 0.15) is 0 Å². The first-order chi connectivity index (χ1) is 14.6. The standard InChI is InChI=1S/C24H21ClN2O3/c1-28-19-14-21(30-3)20(29-2)13-18(19)24-26-22(15-8-5-4-6-9-15)23(27-24)16-10-7-11-17(25)12-16/h4-14H,1-3H3,(H,26,27). The third-order valence-electron chi connectivity index (χ3n) is 4.83. The molecule has 0 bridgehead atoms. The monoisotopic (exact) mass is 420 g/mol. The summed E-state index contributed by atoms with van der Waals surface area (Å²) in [6, 6.07) is 21.3. The summed E-state index contributed by atoms with van der Waals surface area (Å²) in [5.41, 5.74) is 4.40. The maximum Gasteiger partial charge on any atom is 0.164 e. The Bertz CT molecular complexity index is 1170. The van der Waals surface area contributed by atoms with Crippen molar-refractivity contribution in [3.05, 3.63) is 71.8 Å². The van der Waals surface area contributed by atoms with Gasteiger partial charge in [0, 0.05) is 22.2 Å². The smallest absolute Gasteiger partial charge is 0.164 e. The van der Waals surface area contributed by atoms with Gasteiger partial charge in [0.15, 0.2) is 11.5 Å². The first-order valence-corrected chi connectivity index (χ1v) is 9.74. The van der Waals surface area contributed by atoms with Gasteiger partial charge in [-0.15, -0.1) is 0 Å². The summed E-state index contributed by atoms with van der Waals surface area (Å²) in [6.07, 6.45) is 0. The van der Waals surface area contributed by atoms with Crippen LogP contribution in [0, 0.1) is 0 Å². The van der Waals surface area contributed by atoms with Gasteiger partial charge < -0.3 is 19.2 Å². The fraction of sp³-hybridized carbons (Fsp3) is 0.125. The summed E-state index contributed by atoms with van der Waals surface area (Å²) in [5.74, 6) is 2.46. The molecule has 0 aliphatic rings. The van der Waals surface area contributed by atoms with Crippen molar-refractivity contribution in [3.8, 4) is 51.2 Å². The molecule has 0 unspecified atom stereocenters. The molecule has 152 valence electrons. The Kier molecular flexibility index (Phi) is 5.63. The largest absolute Gasteiger partial charge is 0.496 e. The van der Waals surface area contributed by atoms with Crippen molar-refractivity contribution >= 4 is 11.6 Å². The van der Waals surface area contributed by atoms with Crippen molar-refractivity contribution in [2.75, 3.05) is 21.3 Å². The van der Waals surface area contributed by atoms with E-state index in [9.17, 15) is 0 Å². The Balaban J connectivity index is 1.95. The molecule has 0 saturated heterocycles. The molecule has 4 aromatic rings. The molecule has 1 heterocycles. The van der Waals surface area contributed by atoms with E-state index < -0.39 is 0 Å². The molecular weight excluding hydrogens is 400 g/mol. The molecule has 1 aromatic heterocycles. The predicted molar refractivity (Wildman–Crippen MR) is 120 cm³/mol. The third-order valence-corrected chi connectivity index (χ3v) is 5.06. The van der Waals surface area contributed by atoms with E-state index in [1.807, 2.05) is 60.7 Å². The maximum absolute atomic E-state index is 6.25. The Morgan fingerprint density at radius 3 is 2.07 bits per heavy atom. The van der Waals surface area contributed by atoms with Crippen LogP contribution in [0.25, 0.3) is 33.9 Å². The van der Waals surface area contributed by atoms with Gasteiger partial charge in [0.25, 0.3) is 0 Å². The van der Waals surface area contributed by atoms with E-state index in [0.717, 1.165) is 28.1 Å². The number of aromatic nitrogens is 2. The topological polar surface area (TPSA) is 56.4 Å². The van der Waals surface area contributed by atoms with Crippen molar-refractivity contribution in [2.24, 2.45) is 0 Å². The highest BCUT2D eigenvalue weighted by molar-refractivity contribution is 6.30. The molecule has 0 fully saturated rings. The van der Waals surface area contributed by atoms with Crippen LogP contribution in [-0.4, -0.2) is 31.3 Å². The van der Waals surface area contributed by atoms with Crippen molar-refractivity contribution in [3.63, 3.8) is 0 Å². The fourth-order valence-electron chi connectivity index (χ4n) is 3.37. The number of benzene rings is 3. The summed E-state index contributed by atoms with van der Waals surface area (Å²) in [4.78, 5) is 8.38. The summed E-state index contributed by atoms with van der Waals surface area (Å²) >= 11 is 6.25. The highest BCUT2D eigenvalue weighted by Gasteiger charge is 2.20. The van der Waals surface area contributed by atoms with Crippen LogP contribution >= 0.6 is 11.6 Å². The number of halogens is 1. The van der Waals surface area contributed by atoms with Crippen LogP contribution in [0.15, 0.2) is 66.7 Å². The van der Waals surface area contributed by atoms with Gasteiger partial charge in [-0.25, -0.2) is 4.98 Å². The Labute approximate surface area is 180 Å². The van der Waals surface area contributed by atoms with E-state index in [-0.39, 0.29) is 0 Å². The second-order valence-electron chi connectivity index (χ2n) is 6.59. The van der Waals surface area contributed by atoms with E-state index in [4.69, 9.17) is 30.8 Å². The first-order valence-electron chi connectivity index (χ1n) is 9.36. The van der Waals surface area contributed by atoms with Gasteiger partial charge in [0.1, 0.15) is 11.6 Å².